The molecular weight excluding hydrogens is 400 g/mol. The van der Waals surface area contributed by atoms with Crippen molar-refractivity contribution in [2.45, 2.75) is 33.3 Å². The average molecular weight is 429 g/mol. The number of hydrogen-bond donors (Lipinski definition) is 1. The van der Waals surface area contributed by atoms with Crippen molar-refractivity contribution in [3.63, 3.8) is 0 Å². The molecule has 30 heavy (non-hydrogen) atoms. The Hall–Kier alpha value is -2.50. The van der Waals surface area contributed by atoms with E-state index < -0.39 is 5.60 Å². The van der Waals surface area contributed by atoms with Crippen LogP contribution in [0.2, 0.25) is 0 Å². The number of para-hydroxylation sites is 1. The van der Waals surface area contributed by atoms with Gasteiger partial charge < -0.3 is 19.4 Å². The minimum absolute atomic E-state index is 0. The predicted molar refractivity (Wildman–Crippen MR) is 127 cm³/mol. The normalized spacial score (nSPS) is 14.4. The molecule has 4 rings (SSSR count). The van der Waals surface area contributed by atoms with E-state index in [9.17, 15) is 4.79 Å². The van der Waals surface area contributed by atoms with Crippen LogP contribution in [0.15, 0.2) is 45.6 Å². The van der Waals surface area contributed by atoms with E-state index in [2.05, 4.69) is 24.1 Å². The van der Waals surface area contributed by atoms with Crippen LogP contribution in [0.4, 0.5) is 5.69 Å². The van der Waals surface area contributed by atoms with Gasteiger partial charge in [0.15, 0.2) is 0 Å². The lowest BCUT2D eigenvalue weighted by molar-refractivity contribution is 0.159. The lowest BCUT2D eigenvalue weighted by Crippen LogP contribution is -2.30. The van der Waals surface area contributed by atoms with Crippen molar-refractivity contribution >= 4 is 46.1 Å². The van der Waals surface area contributed by atoms with E-state index in [-0.39, 0.29) is 17.8 Å². The SMILES string of the molecule is CCN(CC)CCNc1c2c(cc3oc4ccccc4c(=O)c13)OC(C)(C)C=C2.Cl. The number of halogens is 1. The topological polar surface area (TPSA) is 54.7 Å². The molecule has 0 radical (unpaired) electrons. The molecule has 2 heterocycles. The standard InChI is InChI=1S/C24H28N2O3.ClH/c1-5-26(6-2)14-13-25-22-16-11-12-24(3,4)29-19(16)15-20-21(22)23(27)17-9-7-8-10-18(17)28-20;/h7-12,15,25H,5-6,13-14H2,1-4H3;1H. The van der Waals surface area contributed by atoms with Crippen molar-refractivity contribution in [3.8, 4) is 5.75 Å². The summed E-state index contributed by atoms with van der Waals surface area (Å²) in [5, 5.41) is 4.68. The smallest absolute Gasteiger partial charge is 0.202 e. The second kappa shape index (κ2) is 8.70. The highest BCUT2D eigenvalue weighted by Crippen LogP contribution is 2.40. The molecule has 160 valence electrons. The molecule has 0 unspecified atom stereocenters. The van der Waals surface area contributed by atoms with Crippen LogP contribution in [0.1, 0.15) is 33.3 Å². The maximum atomic E-state index is 13.4. The van der Waals surface area contributed by atoms with Crippen molar-refractivity contribution in [1.29, 1.82) is 0 Å². The monoisotopic (exact) mass is 428 g/mol. The summed E-state index contributed by atoms with van der Waals surface area (Å²) in [7, 11) is 0. The average Bonchev–Trinajstić information content (AvgIpc) is 2.70. The summed E-state index contributed by atoms with van der Waals surface area (Å²) in [6, 6.07) is 9.23. The molecule has 0 aliphatic carbocycles. The van der Waals surface area contributed by atoms with Gasteiger partial charge in [0.1, 0.15) is 22.5 Å². The molecule has 0 saturated heterocycles. The number of hydrogen-bond acceptors (Lipinski definition) is 5. The molecule has 2 aromatic carbocycles. The van der Waals surface area contributed by atoms with Gasteiger partial charge in [-0.25, -0.2) is 0 Å². The predicted octanol–water partition coefficient (Wildman–Crippen LogP) is 5.31. The maximum Gasteiger partial charge on any atom is 0.202 e. The lowest BCUT2D eigenvalue weighted by atomic mass is 9.98. The summed E-state index contributed by atoms with van der Waals surface area (Å²) in [6.45, 7) is 12.0. The first kappa shape index (κ1) is 22.2. The Morgan fingerprint density at radius 1 is 1.10 bits per heavy atom. The number of likely N-dealkylation sites (N-methyl/N-ethyl adjacent to an activating group) is 1. The number of anilines is 1. The molecule has 5 nitrogen and oxygen atoms in total. The van der Waals surface area contributed by atoms with Gasteiger partial charge in [-0.3, -0.25) is 4.79 Å². The van der Waals surface area contributed by atoms with Gasteiger partial charge in [-0.15, -0.1) is 12.4 Å². The fourth-order valence-corrected chi connectivity index (χ4v) is 3.87. The van der Waals surface area contributed by atoms with E-state index in [0.717, 1.165) is 43.2 Å². The van der Waals surface area contributed by atoms with Gasteiger partial charge in [0.05, 0.1) is 16.5 Å². The van der Waals surface area contributed by atoms with Gasteiger partial charge in [-0.05, 0) is 51.2 Å². The quantitative estimate of drug-likeness (QED) is 0.539. The summed E-state index contributed by atoms with van der Waals surface area (Å²) in [6.07, 6.45) is 4.08. The maximum absolute atomic E-state index is 13.4. The Kier molecular flexibility index (Phi) is 6.44. The summed E-state index contributed by atoms with van der Waals surface area (Å²) in [5.41, 5.74) is 2.40. The van der Waals surface area contributed by atoms with E-state index >= 15 is 0 Å². The molecule has 0 bridgehead atoms. The van der Waals surface area contributed by atoms with Crippen LogP contribution >= 0.6 is 12.4 Å². The Morgan fingerprint density at radius 2 is 1.83 bits per heavy atom. The molecule has 1 N–H and O–H groups in total. The van der Waals surface area contributed by atoms with E-state index in [1.54, 1.807) is 0 Å². The first-order chi connectivity index (χ1) is 13.9. The molecule has 1 aliphatic rings. The highest BCUT2D eigenvalue weighted by atomic mass is 35.5. The third-order valence-electron chi connectivity index (χ3n) is 5.52. The van der Waals surface area contributed by atoms with Crippen molar-refractivity contribution in [3.05, 3.63) is 52.2 Å². The van der Waals surface area contributed by atoms with E-state index in [0.29, 0.717) is 21.9 Å². The van der Waals surface area contributed by atoms with Crippen LogP contribution in [-0.2, 0) is 0 Å². The third-order valence-corrected chi connectivity index (χ3v) is 5.52. The molecule has 0 fully saturated rings. The van der Waals surface area contributed by atoms with Gasteiger partial charge in [-0.2, -0.15) is 0 Å². The molecule has 0 amide bonds. The fourth-order valence-electron chi connectivity index (χ4n) is 3.87. The van der Waals surface area contributed by atoms with Crippen LogP contribution in [0.3, 0.4) is 0 Å². The lowest BCUT2D eigenvalue weighted by Gasteiger charge is -2.29. The Morgan fingerprint density at radius 3 is 2.57 bits per heavy atom. The minimum Gasteiger partial charge on any atom is -0.483 e. The van der Waals surface area contributed by atoms with Gasteiger partial charge in [0.25, 0.3) is 0 Å². The Labute approximate surface area is 183 Å². The zero-order chi connectivity index (χ0) is 20.6. The van der Waals surface area contributed by atoms with Crippen LogP contribution in [-0.4, -0.2) is 36.7 Å². The number of nitrogens with zero attached hydrogens (tertiary/aromatic N) is 1. The number of ether oxygens (including phenoxy) is 1. The first-order valence-corrected chi connectivity index (χ1v) is 10.3. The number of rotatable bonds is 6. The largest absolute Gasteiger partial charge is 0.483 e. The molecule has 1 aromatic heterocycles. The van der Waals surface area contributed by atoms with E-state index in [1.807, 2.05) is 56.3 Å². The Balaban J connectivity index is 0.00000256. The van der Waals surface area contributed by atoms with Crippen LogP contribution in [0.25, 0.3) is 28.0 Å². The molecule has 0 atom stereocenters. The van der Waals surface area contributed by atoms with Crippen LogP contribution in [0, 0.1) is 0 Å². The second-order valence-corrected chi connectivity index (χ2v) is 7.96. The summed E-state index contributed by atoms with van der Waals surface area (Å²) in [5.74, 6) is 0.730. The van der Waals surface area contributed by atoms with Crippen molar-refractivity contribution in [2.75, 3.05) is 31.5 Å². The number of benzene rings is 2. The van der Waals surface area contributed by atoms with Crippen molar-refractivity contribution in [2.24, 2.45) is 0 Å². The van der Waals surface area contributed by atoms with Gasteiger partial charge >= 0.3 is 0 Å². The van der Waals surface area contributed by atoms with E-state index in [1.165, 1.54) is 0 Å². The summed E-state index contributed by atoms with van der Waals surface area (Å²) >= 11 is 0. The van der Waals surface area contributed by atoms with Crippen molar-refractivity contribution in [1.82, 2.24) is 4.90 Å². The van der Waals surface area contributed by atoms with Gasteiger partial charge in [0.2, 0.25) is 5.43 Å². The second-order valence-electron chi connectivity index (χ2n) is 7.96. The molecule has 3 aromatic rings. The van der Waals surface area contributed by atoms with Gasteiger partial charge in [0, 0.05) is 24.7 Å². The molecular formula is C24H29ClN2O3. The molecule has 1 aliphatic heterocycles. The van der Waals surface area contributed by atoms with E-state index in [4.69, 9.17) is 9.15 Å². The first-order valence-electron chi connectivity index (χ1n) is 10.3. The molecule has 0 saturated carbocycles. The number of nitrogens with one attached hydrogen (secondary N) is 1. The third kappa shape index (κ3) is 4.05. The zero-order valence-corrected chi connectivity index (χ0v) is 18.8. The van der Waals surface area contributed by atoms with Crippen molar-refractivity contribution < 1.29 is 9.15 Å². The van der Waals surface area contributed by atoms with Crippen LogP contribution in [0.5, 0.6) is 5.75 Å². The zero-order valence-electron chi connectivity index (χ0n) is 18.0. The molecule has 6 heteroatoms. The highest BCUT2D eigenvalue weighted by Gasteiger charge is 2.26. The summed E-state index contributed by atoms with van der Waals surface area (Å²) < 4.78 is 12.3. The number of fused-ring (bicyclic) bond motifs is 3. The summed E-state index contributed by atoms with van der Waals surface area (Å²) in [4.78, 5) is 15.7. The Bertz CT molecular complexity index is 1150. The molecule has 0 spiro atoms. The highest BCUT2D eigenvalue weighted by molar-refractivity contribution is 6.02. The van der Waals surface area contributed by atoms with Crippen LogP contribution < -0.4 is 15.5 Å². The minimum atomic E-state index is -0.406. The van der Waals surface area contributed by atoms with Gasteiger partial charge in [-0.1, -0.05) is 26.0 Å². The fraction of sp³-hybridized carbons (Fsp3) is 0.375.